The number of carbonyl (C=O) groups excluding carboxylic acids is 2. The Bertz CT molecular complexity index is 870. The summed E-state index contributed by atoms with van der Waals surface area (Å²) in [5, 5.41) is 0.407. The molecule has 0 aliphatic carbocycles. The molecule has 1 aliphatic rings. The number of amides is 1. The fourth-order valence-corrected chi connectivity index (χ4v) is 4.11. The number of esters is 1. The quantitative estimate of drug-likeness (QED) is 0.711. The number of methoxy groups -OCH3 is 2. The maximum absolute atomic E-state index is 12.8. The van der Waals surface area contributed by atoms with E-state index in [4.69, 9.17) is 14.2 Å². The number of ether oxygens (including phenoxy) is 3. The molecule has 0 aromatic heterocycles. The molecule has 28 heavy (non-hydrogen) atoms. The lowest BCUT2D eigenvalue weighted by atomic mass is 10.2. The molecule has 2 aromatic rings. The summed E-state index contributed by atoms with van der Waals surface area (Å²) in [4.78, 5) is 28.0. The highest BCUT2D eigenvalue weighted by atomic mass is 32.2. The molecule has 0 fully saturated rings. The molecule has 2 aromatic carbocycles. The van der Waals surface area contributed by atoms with E-state index in [9.17, 15) is 9.59 Å². The standard InChI is InChI=1S/C21H23NO5S/c1-14-10-11-22(17-6-4-5-7-19(17)28-14)20(23)13-27-21(24)16-9-8-15(25-2)12-18(16)26-3/h4-9,12,14H,10-11,13H2,1-3H3. The molecule has 0 saturated carbocycles. The van der Waals surface area contributed by atoms with Gasteiger partial charge in [0.15, 0.2) is 6.61 Å². The van der Waals surface area contributed by atoms with Crippen LogP contribution in [-0.4, -0.2) is 44.5 Å². The van der Waals surface area contributed by atoms with Crippen molar-refractivity contribution < 1.29 is 23.8 Å². The molecular formula is C21H23NO5S. The zero-order valence-electron chi connectivity index (χ0n) is 16.1. The number of anilines is 1. The first-order valence-electron chi connectivity index (χ1n) is 8.98. The van der Waals surface area contributed by atoms with Crippen LogP contribution in [0.3, 0.4) is 0 Å². The molecule has 1 heterocycles. The van der Waals surface area contributed by atoms with Crippen molar-refractivity contribution in [1.29, 1.82) is 0 Å². The molecular weight excluding hydrogens is 378 g/mol. The van der Waals surface area contributed by atoms with Gasteiger partial charge in [-0.05, 0) is 30.7 Å². The Hall–Kier alpha value is -2.67. The zero-order valence-corrected chi connectivity index (χ0v) is 17.0. The summed E-state index contributed by atoms with van der Waals surface area (Å²) in [5.74, 6) is 0.0427. The molecule has 1 atom stereocenters. The van der Waals surface area contributed by atoms with E-state index in [0.29, 0.717) is 23.3 Å². The Labute approximate surface area is 168 Å². The predicted molar refractivity (Wildman–Crippen MR) is 109 cm³/mol. The van der Waals surface area contributed by atoms with Crippen LogP contribution in [0.5, 0.6) is 11.5 Å². The maximum Gasteiger partial charge on any atom is 0.342 e. The van der Waals surface area contributed by atoms with E-state index in [1.807, 2.05) is 24.3 Å². The van der Waals surface area contributed by atoms with E-state index >= 15 is 0 Å². The second kappa shape index (κ2) is 9.01. The van der Waals surface area contributed by atoms with Gasteiger partial charge in [0.1, 0.15) is 17.1 Å². The molecule has 148 valence electrons. The third-order valence-electron chi connectivity index (χ3n) is 4.50. The molecule has 1 amide bonds. The van der Waals surface area contributed by atoms with Crippen molar-refractivity contribution in [3.8, 4) is 11.5 Å². The molecule has 3 rings (SSSR count). The van der Waals surface area contributed by atoms with Crippen LogP contribution in [0, 0.1) is 0 Å². The summed E-state index contributed by atoms with van der Waals surface area (Å²) in [6, 6.07) is 12.6. The number of benzene rings is 2. The lowest BCUT2D eigenvalue weighted by Crippen LogP contribution is -2.35. The topological polar surface area (TPSA) is 65.1 Å². The normalized spacial score (nSPS) is 16.0. The maximum atomic E-state index is 12.8. The van der Waals surface area contributed by atoms with E-state index in [-0.39, 0.29) is 18.1 Å². The number of nitrogens with zero attached hydrogens (tertiary/aromatic N) is 1. The summed E-state index contributed by atoms with van der Waals surface area (Å²) in [6.07, 6.45) is 0.866. The van der Waals surface area contributed by atoms with Crippen LogP contribution in [0.15, 0.2) is 47.4 Å². The molecule has 0 radical (unpaired) electrons. The van der Waals surface area contributed by atoms with Crippen LogP contribution >= 0.6 is 11.8 Å². The van der Waals surface area contributed by atoms with Crippen LogP contribution in [0.25, 0.3) is 0 Å². The van der Waals surface area contributed by atoms with Crippen LogP contribution in [0.2, 0.25) is 0 Å². The summed E-state index contributed by atoms with van der Waals surface area (Å²) < 4.78 is 15.6. The fourth-order valence-electron chi connectivity index (χ4n) is 3.00. The highest BCUT2D eigenvalue weighted by Crippen LogP contribution is 2.37. The number of fused-ring (bicyclic) bond motifs is 1. The highest BCUT2D eigenvalue weighted by Gasteiger charge is 2.25. The average molecular weight is 401 g/mol. The van der Waals surface area contributed by atoms with Gasteiger partial charge in [-0.1, -0.05) is 19.1 Å². The smallest absolute Gasteiger partial charge is 0.342 e. The van der Waals surface area contributed by atoms with Gasteiger partial charge in [0.05, 0.1) is 19.9 Å². The minimum absolute atomic E-state index is 0.247. The Morgan fingerprint density at radius 1 is 1.14 bits per heavy atom. The molecule has 1 unspecified atom stereocenters. The van der Waals surface area contributed by atoms with Crippen LogP contribution in [-0.2, 0) is 9.53 Å². The van der Waals surface area contributed by atoms with Gasteiger partial charge in [0.25, 0.3) is 5.91 Å². The van der Waals surface area contributed by atoms with E-state index in [2.05, 4.69) is 6.92 Å². The molecule has 0 bridgehead atoms. The summed E-state index contributed by atoms with van der Waals surface area (Å²) in [7, 11) is 2.99. The van der Waals surface area contributed by atoms with Crippen LogP contribution < -0.4 is 14.4 Å². The van der Waals surface area contributed by atoms with Gasteiger partial charge in [-0.2, -0.15) is 0 Å². The van der Waals surface area contributed by atoms with Crippen LogP contribution in [0.4, 0.5) is 5.69 Å². The SMILES string of the molecule is COc1ccc(C(=O)OCC(=O)N2CCC(C)Sc3ccccc32)c(OC)c1. The Balaban J connectivity index is 1.71. The van der Waals surface area contributed by atoms with Crippen molar-refractivity contribution >= 4 is 29.3 Å². The van der Waals surface area contributed by atoms with Crippen molar-refractivity contribution in [3.05, 3.63) is 48.0 Å². The Morgan fingerprint density at radius 2 is 1.93 bits per heavy atom. The highest BCUT2D eigenvalue weighted by molar-refractivity contribution is 8.00. The minimum Gasteiger partial charge on any atom is -0.497 e. The lowest BCUT2D eigenvalue weighted by Gasteiger charge is -2.22. The molecule has 0 saturated heterocycles. The average Bonchev–Trinajstić information content (AvgIpc) is 2.89. The number of rotatable bonds is 5. The van der Waals surface area contributed by atoms with Crippen molar-refractivity contribution in [1.82, 2.24) is 0 Å². The number of hydrogen-bond acceptors (Lipinski definition) is 6. The molecule has 1 aliphatic heterocycles. The number of hydrogen-bond donors (Lipinski definition) is 0. The first-order valence-corrected chi connectivity index (χ1v) is 9.86. The van der Waals surface area contributed by atoms with Crippen molar-refractivity contribution in [2.24, 2.45) is 0 Å². The van der Waals surface area contributed by atoms with E-state index in [1.54, 1.807) is 34.9 Å². The van der Waals surface area contributed by atoms with Gasteiger partial charge in [-0.25, -0.2) is 4.79 Å². The fraction of sp³-hybridized carbons (Fsp3) is 0.333. The number of carbonyl (C=O) groups is 2. The van der Waals surface area contributed by atoms with E-state index in [0.717, 1.165) is 17.0 Å². The van der Waals surface area contributed by atoms with Gasteiger partial charge >= 0.3 is 5.97 Å². The molecule has 7 heteroatoms. The van der Waals surface area contributed by atoms with Crippen molar-refractivity contribution in [3.63, 3.8) is 0 Å². The molecule has 6 nitrogen and oxygen atoms in total. The largest absolute Gasteiger partial charge is 0.497 e. The summed E-state index contributed by atoms with van der Waals surface area (Å²) in [5.41, 5.74) is 1.11. The second-order valence-electron chi connectivity index (χ2n) is 6.37. The van der Waals surface area contributed by atoms with E-state index < -0.39 is 5.97 Å². The van der Waals surface area contributed by atoms with Crippen molar-refractivity contribution in [2.75, 3.05) is 32.3 Å². The van der Waals surface area contributed by atoms with Gasteiger partial charge in [-0.15, -0.1) is 11.8 Å². The van der Waals surface area contributed by atoms with Gasteiger partial charge in [0.2, 0.25) is 0 Å². The zero-order chi connectivity index (χ0) is 20.1. The van der Waals surface area contributed by atoms with Gasteiger partial charge in [-0.3, -0.25) is 4.79 Å². The van der Waals surface area contributed by atoms with Crippen molar-refractivity contribution in [2.45, 2.75) is 23.5 Å². The Kier molecular flexibility index (Phi) is 6.46. The van der Waals surface area contributed by atoms with E-state index in [1.165, 1.54) is 14.2 Å². The summed E-state index contributed by atoms with van der Waals surface area (Å²) in [6.45, 7) is 2.40. The minimum atomic E-state index is -0.612. The van der Waals surface area contributed by atoms with Gasteiger partial charge < -0.3 is 19.1 Å². The first-order chi connectivity index (χ1) is 13.5. The third kappa shape index (κ3) is 4.42. The number of thioether (sulfide) groups is 1. The molecule has 0 spiro atoms. The lowest BCUT2D eigenvalue weighted by molar-refractivity contribution is -0.121. The summed E-state index contributed by atoms with van der Waals surface area (Å²) >= 11 is 1.75. The number of para-hydroxylation sites is 1. The molecule has 0 N–H and O–H groups in total. The second-order valence-corrected chi connectivity index (χ2v) is 7.85. The predicted octanol–water partition coefficient (Wildman–Crippen LogP) is 3.78. The first kappa shape index (κ1) is 20.1. The Morgan fingerprint density at radius 3 is 2.68 bits per heavy atom. The third-order valence-corrected chi connectivity index (χ3v) is 5.74. The van der Waals surface area contributed by atoms with Gasteiger partial charge in [0, 0.05) is 22.8 Å². The van der Waals surface area contributed by atoms with Crippen LogP contribution in [0.1, 0.15) is 23.7 Å². The monoisotopic (exact) mass is 401 g/mol.